The van der Waals surface area contributed by atoms with Crippen LogP contribution in [0, 0.1) is 0 Å². The molecule has 1 heterocycles. The minimum atomic E-state index is -0.229. The van der Waals surface area contributed by atoms with Gasteiger partial charge in [0.15, 0.2) is 5.04 Å². The van der Waals surface area contributed by atoms with Crippen molar-refractivity contribution in [2.75, 3.05) is 12.4 Å². The zero-order valence-corrected chi connectivity index (χ0v) is 15.8. The summed E-state index contributed by atoms with van der Waals surface area (Å²) in [4.78, 5) is 16.9. The van der Waals surface area contributed by atoms with Crippen LogP contribution in [0.15, 0.2) is 63.1 Å². The highest BCUT2D eigenvalue weighted by Crippen LogP contribution is 2.37. The van der Waals surface area contributed by atoms with Crippen LogP contribution in [0.25, 0.3) is 0 Å². The van der Waals surface area contributed by atoms with Gasteiger partial charge in [0, 0.05) is 12.1 Å². The van der Waals surface area contributed by atoms with E-state index in [4.69, 9.17) is 16.2 Å². The predicted molar refractivity (Wildman–Crippen MR) is 110 cm³/mol. The molecule has 2 aliphatic rings. The van der Waals surface area contributed by atoms with Crippen molar-refractivity contribution in [1.82, 2.24) is 0 Å². The van der Waals surface area contributed by atoms with E-state index in [-0.39, 0.29) is 17.1 Å². The second-order valence-electron chi connectivity index (χ2n) is 5.90. The molecule has 0 saturated carbocycles. The lowest BCUT2D eigenvalue weighted by Gasteiger charge is -2.15. The highest BCUT2D eigenvalue weighted by Gasteiger charge is 2.31. The van der Waals surface area contributed by atoms with Gasteiger partial charge in [0.1, 0.15) is 0 Å². The third kappa shape index (κ3) is 4.56. The van der Waals surface area contributed by atoms with Gasteiger partial charge >= 0.3 is 0 Å². The van der Waals surface area contributed by atoms with Gasteiger partial charge in [-0.3, -0.25) is 4.79 Å². The Labute approximate surface area is 161 Å². The standard InChI is InChI=1S/C18H20N6O2S/c1-10(23-24-18(19)20)11-3-5-12(6-4-11)21-16(25)17-22-14-8-7-13(26-2)9-15(14)27-17/h3-8,15H,9H2,1-2H3,(H,21,25)(H4,19,20,24)/b23-10+. The SMILES string of the molecule is COC1=CC=C2N=C(C(=O)Nc3ccc(/C(C)=N/N=C(N)N)cc3)SC2C1. The summed E-state index contributed by atoms with van der Waals surface area (Å²) in [6, 6.07) is 7.24. The molecule has 8 nitrogen and oxygen atoms in total. The molecule has 0 radical (unpaired) electrons. The molecule has 0 fully saturated rings. The molecule has 1 amide bonds. The highest BCUT2D eigenvalue weighted by atomic mass is 32.2. The molecule has 0 saturated heterocycles. The van der Waals surface area contributed by atoms with E-state index in [0.29, 0.717) is 16.4 Å². The van der Waals surface area contributed by atoms with E-state index in [1.165, 1.54) is 11.8 Å². The molecule has 1 aliphatic heterocycles. The van der Waals surface area contributed by atoms with Crippen LogP contribution in [0.1, 0.15) is 18.9 Å². The number of carbonyl (C=O) groups excluding carboxylic acids is 1. The average Bonchev–Trinajstić information content (AvgIpc) is 3.10. The van der Waals surface area contributed by atoms with Crippen molar-refractivity contribution < 1.29 is 9.53 Å². The number of rotatable bonds is 5. The fourth-order valence-corrected chi connectivity index (χ4v) is 3.64. The van der Waals surface area contributed by atoms with Crippen molar-refractivity contribution in [3.05, 3.63) is 53.4 Å². The number of fused-ring (bicyclic) bond motifs is 1. The van der Waals surface area contributed by atoms with Crippen molar-refractivity contribution in [3.8, 4) is 0 Å². The van der Waals surface area contributed by atoms with Crippen molar-refractivity contribution in [2.24, 2.45) is 26.7 Å². The maximum atomic E-state index is 12.5. The number of anilines is 1. The second-order valence-corrected chi connectivity index (χ2v) is 7.09. The van der Waals surface area contributed by atoms with Gasteiger partial charge in [0.2, 0.25) is 5.96 Å². The molecule has 1 aromatic rings. The normalized spacial score (nSPS) is 18.7. The third-order valence-electron chi connectivity index (χ3n) is 3.97. The molecule has 1 aromatic carbocycles. The van der Waals surface area contributed by atoms with E-state index in [0.717, 1.165) is 23.4 Å². The predicted octanol–water partition coefficient (Wildman–Crippen LogP) is 1.95. The fraction of sp³-hybridized carbons (Fsp3) is 0.222. The Balaban J connectivity index is 1.65. The number of nitrogens with zero attached hydrogens (tertiary/aromatic N) is 3. The molecular weight excluding hydrogens is 364 g/mol. The lowest BCUT2D eigenvalue weighted by Crippen LogP contribution is -2.22. The average molecular weight is 384 g/mol. The molecule has 1 unspecified atom stereocenters. The number of hydrogen-bond donors (Lipinski definition) is 3. The highest BCUT2D eigenvalue weighted by molar-refractivity contribution is 8.16. The van der Waals surface area contributed by atoms with E-state index in [1.54, 1.807) is 26.2 Å². The molecular formula is C18H20N6O2S. The molecule has 3 rings (SSSR count). The maximum absolute atomic E-state index is 12.5. The summed E-state index contributed by atoms with van der Waals surface area (Å²) in [5, 5.41) is 11.0. The van der Waals surface area contributed by atoms with Crippen LogP contribution < -0.4 is 16.8 Å². The van der Waals surface area contributed by atoms with Gasteiger partial charge < -0.3 is 21.5 Å². The Morgan fingerprint density at radius 3 is 2.67 bits per heavy atom. The molecule has 1 atom stereocenters. The second kappa shape index (κ2) is 8.09. The maximum Gasteiger partial charge on any atom is 0.280 e. The first-order valence-electron chi connectivity index (χ1n) is 8.21. The molecule has 1 aliphatic carbocycles. The Hall–Kier alpha value is -3.07. The van der Waals surface area contributed by atoms with Gasteiger partial charge in [-0.2, -0.15) is 5.10 Å². The van der Waals surface area contributed by atoms with E-state index < -0.39 is 0 Å². The number of nitrogens with one attached hydrogen (secondary N) is 1. The van der Waals surface area contributed by atoms with Gasteiger partial charge in [-0.25, -0.2) is 4.99 Å². The van der Waals surface area contributed by atoms with Crippen LogP contribution in [0.4, 0.5) is 5.69 Å². The molecule has 0 bridgehead atoms. The topological polar surface area (TPSA) is 127 Å². The van der Waals surface area contributed by atoms with Crippen LogP contribution in [0.2, 0.25) is 0 Å². The first-order valence-corrected chi connectivity index (χ1v) is 9.09. The van der Waals surface area contributed by atoms with Crippen LogP contribution in [-0.4, -0.2) is 35.0 Å². The number of thioether (sulfide) groups is 1. The van der Waals surface area contributed by atoms with Crippen LogP contribution in [0.3, 0.4) is 0 Å². The van der Waals surface area contributed by atoms with E-state index in [2.05, 4.69) is 20.5 Å². The monoisotopic (exact) mass is 384 g/mol. The lowest BCUT2D eigenvalue weighted by atomic mass is 10.1. The number of guanidine groups is 1. The Kier molecular flexibility index (Phi) is 5.60. The van der Waals surface area contributed by atoms with Gasteiger partial charge in [-0.05, 0) is 36.8 Å². The summed E-state index contributed by atoms with van der Waals surface area (Å²) in [7, 11) is 1.65. The minimum absolute atomic E-state index is 0.100. The zero-order valence-electron chi connectivity index (χ0n) is 15.0. The first-order chi connectivity index (χ1) is 13.0. The summed E-state index contributed by atoms with van der Waals surface area (Å²) >= 11 is 1.45. The molecule has 27 heavy (non-hydrogen) atoms. The fourth-order valence-electron chi connectivity index (χ4n) is 2.56. The number of benzene rings is 1. The summed E-state index contributed by atoms with van der Waals surface area (Å²) in [5.41, 5.74) is 13.6. The number of nitrogens with two attached hydrogens (primary N) is 2. The van der Waals surface area contributed by atoms with Crippen molar-refractivity contribution in [2.45, 2.75) is 18.6 Å². The van der Waals surface area contributed by atoms with Crippen LogP contribution in [-0.2, 0) is 9.53 Å². The number of aliphatic imine (C=N–C) groups is 1. The minimum Gasteiger partial charge on any atom is -0.501 e. The van der Waals surface area contributed by atoms with Gasteiger partial charge in [-0.15, -0.1) is 5.10 Å². The van der Waals surface area contributed by atoms with Crippen LogP contribution >= 0.6 is 11.8 Å². The number of ether oxygens (including phenoxy) is 1. The van der Waals surface area contributed by atoms with Crippen molar-refractivity contribution >= 4 is 40.1 Å². The summed E-state index contributed by atoms with van der Waals surface area (Å²) in [6.07, 6.45) is 4.52. The van der Waals surface area contributed by atoms with Gasteiger partial charge in [0.25, 0.3) is 5.91 Å². The Morgan fingerprint density at radius 1 is 1.26 bits per heavy atom. The molecule has 0 aromatic heterocycles. The quantitative estimate of drug-likeness (QED) is 0.406. The first kappa shape index (κ1) is 18.7. The van der Waals surface area contributed by atoms with E-state index in [9.17, 15) is 4.79 Å². The molecule has 0 spiro atoms. The largest absolute Gasteiger partial charge is 0.501 e. The van der Waals surface area contributed by atoms with Crippen molar-refractivity contribution in [3.63, 3.8) is 0 Å². The Bertz CT molecular complexity index is 895. The molecule has 140 valence electrons. The number of methoxy groups -OCH3 is 1. The lowest BCUT2D eigenvalue weighted by molar-refractivity contribution is -0.110. The van der Waals surface area contributed by atoms with Crippen LogP contribution in [0.5, 0.6) is 0 Å². The van der Waals surface area contributed by atoms with Gasteiger partial charge in [0.05, 0.1) is 29.5 Å². The van der Waals surface area contributed by atoms with Crippen molar-refractivity contribution in [1.29, 1.82) is 0 Å². The Morgan fingerprint density at radius 2 is 2.00 bits per heavy atom. The molecule has 9 heteroatoms. The number of carbonyl (C=O) groups is 1. The third-order valence-corrected chi connectivity index (χ3v) is 5.17. The number of allylic oxidation sites excluding steroid dienone is 3. The van der Waals surface area contributed by atoms with Gasteiger partial charge in [-0.1, -0.05) is 23.9 Å². The summed E-state index contributed by atoms with van der Waals surface area (Å²) < 4.78 is 5.27. The number of amides is 1. The van der Waals surface area contributed by atoms with E-state index >= 15 is 0 Å². The number of hydrogen-bond acceptors (Lipinski definition) is 6. The zero-order chi connectivity index (χ0) is 19.4. The van der Waals surface area contributed by atoms with E-state index in [1.807, 2.05) is 24.3 Å². The summed E-state index contributed by atoms with van der Waals surface area (Å²) in [6.45, 7) is 1.79. The summed E-state index contributed by atoms with van der Waals surface area (Å²) in [5.74, 6) is 0.561. The smallest absolute Gasteiger partial charge is 0.280 e. The molecule has 5 N–H and O–H groups in total.